The molecule has 0 spiro atoms. The van der Waals surface area contributed by atoms with E-state index in [1.165, 1.54) is 11.3 Å². The fraction of sp³-hybridized carbons (Fsp3) is 0.167. The lowest BCUT2D eigenvalue weighted by Crippen LogP contribution is -2.11. The number of aryl methyl sites for hydroxylation is 1. The van der Waals surface area contributed by atoms with Crippen LogP contribution in [0, 0.1) is 18.6 Å². The van der Waals surface area contributed by atoms with Crippen molar-refractivity contribution in [1.82, 2.24) is 4.98 Å². The highest BCUT2D eigenvalue weighted by atomic mass is 32.1. The monoisotopic (exact) mass is 321 g/mol. The van der Waals surface area contributed by atoms with E-state index in [0.29, 0.717) is 11.2 Å². The lowest BCUT2D eigenvalue weighted by atomic mass is 10.1. The van der Waals surface area contributed by atoms with E-state index in [4.69, 9.17) is 0 Å². The minimum absolute atomic E-state index is 0.402. The molecular weight excluding hydrogens is 313 g/mol. The highest BCUT2D eigenvalue weighted by Gasteiger charge is 2.35. The van der Waals surface area contributed by atoms with Crippen molar-refractivity contribution < 1.29 is 22.0 Å². The van der Waals surface area contributed by atoms with Crippen LogP contribution in [0.5, 0.6) is 0 Å². The first-order valence-electron chi connectivity index (χ1n) is 5.55. The Kier molecular flexibility index (Phi) is 4.21. The summed E-state index contributed by atoms with van der Waals surface area (Å²) in [6, 6.07) is 1.27. The fourth-order valence-electron chi connectivity index (χ4n) is 1.45. The molecule has 1 heterocycles. The molecule has 21 heavy (non-hydrogen) atoms. The molecule has 1 N–H and O–H groups in total. The maximum atomic E-state index is 13.5. The van der Waals surface area contributed by atoms with E-state index >= 15 is 0 Å². The van der Waals surface area contributed by atoms with Gasteiger partial charge in [-0.2, -0.15) is 18.3 Å². The van der Waals surface area contributed by atoms with E-state index in [9.17, 15) is 22.0 Å². The van der Waals surface area contributed by atoms with E-state index in [2.05, 4.69) is 15.5 Å². The Morgan fingerprint density at radius 2 is 1.95 bits per heavy atom. The van der Waals surface area contributed by atoms with Crippen molar-refractivity contribution in [1.29, 1.82) is 0 Å². The number of anilines is 1. The Morgan fingerprint density at radius 1 is 1.24 bits per heavy atom. The normalized spacial score (nSPS) is 12.1. The Morgan fingerprint density at radius 3 is 2.52 bits per heavy atom. The number of benzene rings is 1. The van der Waals surface area contributed by atoms with Crippen LogP contribution < -0.4 is 5.43 Å². The van der Waals surface area contributed by atoms with E-state index in [0.717, 1.165) is 18.0 Å². The molecule has 9 heteroatoms. The molecule has 112 valence electrons. The molecule has 3 nitrogen and oxygen atoms in total. The van der Waals surface area contributed by atoms with E-state index < -0.39 is 28.9 Å². The minimum atomic E-state index is -4.95. The Bertz CT molecular complexity index is 678. The average molecular weight is 321 g/mol. The summed E-state index contributed by atoms with van der Waals surface area (Å²) in [5.41, 5.74) is 1.17. The topological polar surface area (TPSA) is 37.3 Å². The molecule has 0 bridgehead atoms. The van der Waals surface area contributed by atoms with Crippen molar-refractivity contribution in [3.8, 4) is 0 Å². The number of hydrogen-bond donors (Lipinski definition) is 1. The predicted octanol–water partition coefficient (Wildman–Crippen LogP) is 4.19. The standard InChI is InChI=1S/C12H8F5N3S/c1-6-5-21-11(19-6)20-18-4-7-2-3-8(12(15,16)17)10(14)9(7)13/h2-5H,1H3,(H,19,20). The molecule has 0 aliphatic carbocycles. The molecule has 0 saturated heterocycles. The van der Waals surface area contributed by atoms with Crippen LogP contribution in [0.15, 0.2) is 22.6 Å². The van der Waals surface area contributed by atoms with Gasteiger partial charge in [-0.05, 0) is 19.1 Å². The average Bonchev–Trinajstić information content (AvgIpc) is 2.79. The zero-order valence-electron chi connectivity index (χ0n) is 10.5. The number of aromatic nitrogens is 1. The predicted molar refractivity (Wildman–Crippen MR) is 69.4 cm³/mol. The SMILES string of the molecule is Cc1csc(NN=Cc2ccc(C(F)(F)F)c(F)c2F)n1. The number of nitrogens with one attached hydrogen (secondary N) is 1. The molecule has 1 aromatic heterocycles. The molecule has 1 aromatic carbocycles. The number of nitrogens with zero attached hydrogens (tertiary/aromatic N) is 2. The third-order valence-corrected chi connectivity index (χ3v) is 3.27. The Balaban J connectivity index is 2.19. The zero-order chi connectivity index (χ0) is 15.6. The summed E-state index contributed by atoms with van der Waals surface area (Å²) in [4.78, 5) is 4.01. The lowest BCUT2D eigenvalue weighted by molar-refractivity contribution is -0.140. The van der Waals surface area contributed by atoms with Crippen LogP contribution in [-0.2, 0) is 6.18 Å². The summed E-state index contributed by atoms with van der Waals surface area (Å²) in [5, 5.41) is 5.78. The first kappa shape index (κ1) is 15.4. The van der Waals surface area contributed by atoms with Gasteiger partial charge in [-0.3, -0.25) is 5.43 Å². The second-order valence-electron chi connectivity index (χ2n) is 3.99. The van der Waals surface area contributed by atoms with Gasteiger partial charge >= 0.3 is 6.18 Å². The van der Waals surface area contributed by atoms with Crippen molar-refractivity contribution in [2.45, 2.75) is 13.1 Å². The second-order valence-corrected chi connectivity index (χ2v) is 4.85. The molecule has 0 atom stereocenters. The van der Waals surface area contributed by atoms with E-state index in [-0.39, 0.29) is 0 Å². The molecular formula is C12H8F5N3S. The van der Waals surface area contributed by atoms with E-state index in [1.54, 1.807) is 12.3 Å². The van der Waals surface area contributed by atoms with Crippen LogP contribution in [-0.4, -0.2) is 11.2 Å². The van der Waals surface area contributed by atoms with Gasteiger partial charge in [0.1, 0.15) is 0 Å². The van der Waals surface area contributed by atoms with Gasteiger partial charge in [-0.1, -0.05) is 0 Å². The molecule has 0 aliphatic rings. The van der Waals surface area contributed by atoms with Crippen molar-refractivity contribution >= 4 is 22.7 Å². The summed E-state index contributed by atoms with van der Waals surface area (Å²) in [6.45, 7) is 1.76. The van der Waals surface area contributed by atoms with Crippen LogP contribution in [0.2, 0.25) is 0 Å². The number of rotatable bonds is 3. The third-order valence-electron chi connectivity index (χ3n) is 2.40. The minimum Gasteiger partial charge on any atom is -0.253 e. The molecule has 0 fully saturated rings. The van der Waals surface area contributed by atoms with Gasteiger partial charge in [-0.15, -0.1) is 11.3 Å². The first-order chi connectivity index (χ1) is 9.79. The third kappa shape index (κ3) is 3.54. The van der Waals surface area contributed by atoms with Crippen molar-refractivity contribution in [3.05, 3.63) is 46.0 Å². The number of hydrogen-bond acceptors (Lipinski definition) is 4. The maximum Gasteiger partial charge on any atom is 0.419 e. The molecule has 0 saturated carbocycles. The molecule has 2 rings (SSSR count). The summed E-state index contributed by atoms with van der Waals surface area (Å²) in [5.74, 6) is -3.55. The molecule has 0 radical (unpaired) electrons. The quantitative estimate of drug-likeness (QED) is 0.523. The highest BCUT2D eigenvalue weighted by Crippen LogP contribution is 2.32. The highest BCUT2D eigenvalue weighted by molar-refractivity contribution is 7.13. The van der Waals surface area contributed by atoms with Gasteiger partial charge in [0.2, 0.25) is 5.13 Å². The Hall–Kier alpha value is -2.03. The lowest BCUT2D eigenvalue weighted by Gasteiger charge is -2.09. The van der Waals surface area contributed by atoms with Crippen LogP contribution in [0.3, 0.4) is 0 Å². The number of hydrazone groups is 1. The van der Waals surface area contributed by atoms with Gasteiger partial charge in [0.15, 0.2) is 11.6 Å². The van der Waals surface area contributed by atoms with E-state index in [1.807, 2.05) is 0 Å². The number of thiazole rings is 1. The van der Waals surface area contributed by atoms with Crippen LogP contribution in [0.1, 0.15) is 16.8 Å². The number of alkyl halides is 3. The zero-order valence-corrected chi connectivity index (χ0v) is 11.3. The maximum absolute atomic E-state index is 13.5. The van der Waals surface area contributed by atoms with Gasteiger partial charge in [-0.25, -0.2) is 13.8 Å². The summed E-state index contributed by atoms with van der Waals surface area (Å²) < 4.78 is 64.0. The summed E-state index contributed by atoms with van der Waals surface area (Å²) >= 11 is 1.25. The van der Waals surface area contributed by atoms with Crippen LogP contribution >= 0.6 is 11.3 Å². The first-order valence-corrected chi connectivity index (χ1v) is 6.43. The van der Waals surface area contributed by atoms with Crippen molar-refractivity contribution in [3.63, 3.8) is 0 Å². The van der Waals surface area contributed by atoms with Gasteiger partial charge in [0, 0.05) is 10.9 Å². The van der Waals surface area contributed by atoms with Crippen molar-refractivity contribution in [2.24, 2.45) is 5.10 Å². The largest absolute Gasteiger partial charge is 0.419 e. The fourth-order valence-corrected chi connectivity index (χ4v) is 2.08. The second kappa shape index (κ2) is 5.76. The van der Waals surface area contributed by atoms with Gasteiger partial charge in [0.25, 0.3) is 0 Å². The van der Waals surface area contributed by atoms with Crippen molar-refractivity contribution in [2.75, 3.05) is 5.43 Å². The van der Waals surface area contributed by atoms with Gasteiger partial charge < -0.3 is 0 Å². The molecule has 0 amide bonds. The number of halogens is 5. The van der Waals surface area contributed by atoms with Gasteiger partial charge in [0.05, 0.1) is 17.5 Å². The molecule has 0 unspecified atom stereocenters. The van der Waals surface area contributed by atoms with Crippen LogP contribution in [0.4, 0.5) is 27.1 Å². The molecule has 0 aliphatic heterocycles. The van der Waals surface area contributed by atoms with Crippen LogP contribution in [0.25, 0.3) is 0 Å². The smallest absolute Gasteiger partial charge is 0.253 e. The Labute approximate surface area is 120 Å². The molecule has 2 aromatic rings. The summed E-state index contributed by atoms with van der Waals surface area (Å²) in [7, 11) is 0. The summed E-state index contributed by atoms with van der Waals surface area (Å²) in [6.07, 6.45) is -4.06.